The van der Waals surface area contributed by atoms with Crippen molar-refractivity contribution in [2.45, 2.75) is 89.9 Å². The summed E-state index contributed by atoms with van der Waals surface area (Å²) in [6.45, 7) is 15.7. The van der Waals surface area contributed by atoms with Gasteiger partial charge < -0.3 is 0 Å². The molecule has 0 N–H and O–H groups in total. The van der Waals surface area contributed by atoms with Crippen LogP contribution in [-0.2, 0) is 0 Å². The van der Waals surface area contributed by atoms with Crippen molar-refractivity contribution < 1.29 is 0 Å². The van der Waals surface area contributed by atoms with Gasteiger partial charge in [-0.1, -0.05) is 95.4 Å². The second kappa shape index (κ2) is 8.29. The van der Waals surface area contributed by atoms with E-state index in [0.29, 0.717) is 5.41 Å². The first-order valence-corrected chi connectivity index (χ1v) is 16.7. The van der Waals surface area contributed by atoms with Crippen molar-refractivity contribution in [3.8, 4) is 0 Å². The highest BCUT2D eigenvalue weighted by Gasteiger charge is 2.58. The van der Waals surface area contributed by atoms with Crippen molar-refractivity contribution in [2.24, 2.45) is 40.9 Å². The fourth-order valence-electron chi connectivity index (χ4n) is 9.43. The van der Waals surface area contributed by atoms with Crippen LogP contribution in [0.4, 0.5) is 0 Å². The first-order valence-electron chi connectivity index (χ1n) is 13.6. The third-order valence-electron chi connectivity index (χ3n) is 10.6. The zero-order valence-corrected chi connectivity index (χ0v) is 22.4. The zero-order chi connectivity index (χ0) is 22.7. The van der Waals surface area contributed by atoms with Crippen molar-refractivity contribution in [1.29, 1.82) is 0 Å². The van der Waals surface area contributed by atoms with Crippen molar-refractivity contribution in [1.82, 2.24) is 0 Å². The molecule has 3 saturated carbocycles. The van der Waals surface area contributed by atoms with Crippen LogP contribution in [0.3, 0.4) is 0 Å². The lowest BCUT2D eigenvalue weighted by atomic mass is 9.66. The maximum Gasteiger partial charge on any atom is 0.0553 e. The lowest BCUT2D eigenvalue weighted by Crippen LogP contribution is -2.46. The van der Waals surface area contributed by atoms with Gasteiger partial charge in [0.2, 0.25) is 0 Å². The van der Waals surface area contributed by atoms with E-state index in [1.54, 1.807) is 5.56 Å². The van der Waals surface area contributed by atoms with Crippen molar-refractivity contribution >= 4 is 8.07 Å². The van der Waals surface area contributed by atoms with Crippen LogP contribution in [0.5, 0.6) is 0 Å². The second-order valence-corrected chi connectivity index (χ2v) is 18.6. The summed E-state index contributed by atoms with van der Waals surface area (Å²) < 4.78 is 0. The molecule has 0 saturated heterocycles. The van der Waals surface area contributed by atoms with Gasteiger partial charge in [-0.25, -0.2) is 0 Å². The summed E-state index contributed by atoms with van der Waals surface area (Å²) in [6.07, 6.45) is 17.2. The molecule has 0 bridgehead atoms. The Morgan fingerprint density at radius 1 is 0.844 bits per heavy atom. The lowest BCUT2D eigenvalue weighted by molar-refractivity contribution is 0.113. The molecule has 9 unspecified atom stereocenters. The van der Waals surface area contributed by atoms with Gasteiger partial charge in [-0.15, -0.1) is 0 Å². The Morgan fingerprint density at radius 2 is 1.56 bits per heavy atom. The Morgan fingerprint density at radius 3 is 2.28 bits per heavy atom. The number of hydrogen-bond donors (Lipinski definition) is 0. The SMILES string of the molecule is CC1CC2CC(C(C)(C)C)CCC2C1[Si](C)(C)C1C(c2ccccc2)CC2C=CC=CC21. The molecule has 32 heavy (non-hydrogen) atoms. The Labute approximate surface area is 199 Å². The van der Waals surface area contributed by atoms with Crippen molar-refractivity contribution in [2.75, 3.05) is 0 Å². The van der Waals surface area contributed by atoms with Gasteiger partial charge in [0.25, 0.3) is 0 Å². The third kappa shape index (κ3) is 3.81. The van der Waals surface area contributed by atoms with Crippen LogP contribution in [0.15, 0.2) is 54.6 Å². The molecule has 1 heteroatoms. The topological polar surface area (TPSA) is 0 Å². The molecular weight excluding hydrogens is 400 g/mol. The highest BCUT2D eigenvalue weighted by Crippen LogP contribution is 2.66. The van der Waals surface area contributed by atoms with Crippen LogP contribution in [0.1, 0.15) is 71.3 Å². The summed E-state index contributed by atoms with van der Waals surface area (Å²) >= 11 is 0. The van der Waals surface area contributed by atoms with E-state index in [4.69, 9.17) is 0 Å². The Kier molecular flexibility index (Phi) is 5.88. The quantitative estimate of drug-likeness (QED) is 0.406. The smallest absolute Gasteiger partial charge is 0.0553 e. The lowest BCUT2D eigenvalue weighted by Gasteiger charge is -2.48. The van der Waals surface area contributed by atoms with E-state index in [0.717, 1.165) is 52.5 Å². The summed E-state index contributed by atoms with van der Waals surface area (Å²) in [6, 6.07) is 11.6. The predicted molar refractivity (Wildman–Crippen MR) is 142 cm³/mol. The molecule has 3 fully saturated rings. The van der Waals surface area contributed by atoms with Crippen LogP contribution >= 0.6 is 0 Å². The standard InChI is InChI=1S/C31H46Si/c1-21-18-24-19-25(31(2,3)4)16-17-27(24)29(21)32(5,6)30-26-15-11-10-14-23(26)20-28(30)22-12-8-7-9-13-22/h7-15,21,23-30H,16-20H2,1-6H3. The molecule has 5 rings (SSSR count). The summed E-state index contributed by atoms with van der Waals surface area (Å²) in [5.41, 5.74) is 3.98. The summed E-state index contributed by atoms with van der Waals surface area (Å²) in [5.74, 6) is 6.12. The van der Waals surface area contributed by atoms with Crippen LogP contribution in [0, 0.1) is 40.9 Å². The monoisotopic (exact) mass is 446 g/mol. The molecule has 9 atom stereocenters. The van der Waals surface area contributed by atoms with E-state index in [9.17, 15) is 0 Å². The number of allylic oxidation sites excluding steroid dienone is 4. The van der Waals surface area contributed by atoms with Crippen molar-refractivity contribution in [3.63, 3.8) is 0 Å². The Hall–Kier alpha value is -1.08. The fraction of sp³-hybridized carbons (Fsp3) is 0.677. The number of fused-ring (bicyclic) bond motifs is 2. The summed E-state index contributed by atoms with van der Waals surface area (Å²) in [5, 5.41) is 0. The van der Waals surface area contributed by atoms with Gasteiger partial charge in [0, 0.05) is 0 Å². The minimum atomic E-state index is -1.52. The molecule has 1 aromatic rings. The predicted octanol–water partition coefficient (Wildman–Crippen LogP) is 9.10. The van der Waals surface area contributed by atoms with E-state index in [1.165, 1.54) is 32.1 Å². The van der Waals surface area contributed by atoms with E-state index in [2.05, 4.69) is 95.4 Å². The Bertz CT molecular complexity index is 856. The molecule has 0 amide bonds. The molecule has 0 nitrogen and oxygen atoms in total. The average molecular weight is 447 g/mol. The minimum Gasteiger partial charge on any atom is -0.0808 e. The Balaban J connectivity index is 1.47. The first-order chi connectivity index (χ1) is 15.2. The minimum absolute atomic E-state index is 0.482. The van der Waals surface area contributed by atoms with E-state index >= 15 is 0 Å². The molecule has 0 aliphatic heterocycles. The largest absolute Gasteiger partial charge is 0.0808 e. The zero-order valence-electron chi connectivity index (χ0n) is 21.4. The van der Waals surface area contributed by atoms with E-state index in [1.807, 2.05) is 0 Å². The fourth-order valence-corrected chi connectivity index (χ4v) is 15.7. The van der Waals surface area contributed by atoms with E-state index < -0.39 is 8.07 Å². The number of hydrogen-bond acceptors (Lipinski definition) is 0. The highest BCUT2D eigenvalue weighted by atomic mass is 28.3. The molecule has 0 radical (unpaired) electrons. The molecule has 0 spiro atoms. The second-order valence-electron chi connectivity index (χ2n) is 13.6. The van der Waals surface area contributed by atoms with E-state index in [-0.39, 0.29) is 0 Å². The highest BCUT2D eigenvalue weighted by molar-refractivity contribution is 6.80. The van der Waals surface area contributed by atoms with Gasteiger partial charge in [0.05, 0.1) is 8.07 Å². The molecule has 4 aliphatic carbocycles. The first kappa shape index (κ1) is 22.7. The number of benzene rings is 1. The molecule has 174 valence electrons. The normalized spacial score (nSPS) is 41.5. The van der Waals surface area contributed by atoms with Gasteiger partial charge in [-0.3, -0.25) is 0 Å². The van der Waals surface area contributed by atoms with Crippen LogP contribution in [-0.4, -0.2) is 8.07 Å². The molecule has 1 aromatic carbocycles. The molecule has 0 aromatic heterocycles. The molecule has 0 heterocycles. The van der Waals surface area contributed by atoms with Gasteiger partial charge in [-0.05, 0) is 95.6 Å². The van der Waals surface area contributed by atoms with Gasteiger partial charge in [0.1, 0.15) is 0 Å². The summed E-state index contributed by atoms with van der Waals surface area (Å²) in [7, 11) is -1.52. The van der Waals surface area contributed by atoms with Crippen LogP contribution < -0.4 is 0 Å². The van der Waals surface area contributed by atoms with Crippen molar-refractivity contribution in [3.05, 3.63) is 60.2 Å². The van der Waals surface area contributed by atoms with Gasteiger partial charge >= 0.3 is 0 Å². The van der Waals surface area contributed by atoms with Gasteiger partial charge in [0.15, 0.2) is 0 Å². The van der Waals surface area contributed by atoms with Crippen LogP contribution in [0.2, 0.25) is 24.2 Å². The number of rotatable bonds is 3. The molecular formula is C31H46Si. The average Bonchev–Trinajstić information content (AvgIpc) is 3.31. The van der Waals surface area contributed by atoms with Crippen LogP contribution in [0.25, 0.3) is 0 Å². The molecule has 4 aliphatic rings. The van der Waals surface area contributed by atoms with Gasteiger partial charge in [-0.2, -0.15) is 0 Å². The summed E-state index contributed by atoms with van der Waals surface area (Å²) in [4.78, 5) is 0. The maximum absolute atomic E-state index is 2.82. The maximum atomic E-state index is 2.82. The third-order valence-corrected chi connectivity index (χ3v) is 15.9.